The van der Waals surface area contributed by atoms with Crippen molar-refractivity contribution in [3.8, 4) is 17.2 Å². The molecular weight excluding hydrogens is 404 g/mol. The number of hydrogen-bond donors (Lipinski definition) is 0. The Morgan fingerprint density at radius 2 is 1.62 bits per heavy atom. The van der Waals surface area contributed by atoms with Gasteiger partial charge in [0.2, 0.25) is 5.91 Å². The Morgan fingerprint density at radius 1 is 0.906 bits per heavy atom. The summed E-state index contributed by atoms with van der Waals surface area (Å²) in [6.45, 7) is 2.92. The topological polar surface area (TPSA) is 51.2 Å². The number of nitrogens with zero attached hydrogens (tertiary/aromatic N) is 2. The zero-order valence-electron chi connectivity index (χ0n) is 19.0. The van der Waals surface area contributed by atoms with Crippen molar-refractivity contribution in [2.45, 2.75) is 31.8 Å². The largest absolute Gasteiger partial charge is 0.495 e. The summed E-state index contributed by atoms with van der Waals surface area (Å²) in [5.74, 6) is 2.37. The lowest BCUT2D eigenvalue weighted by Crippen LogP contribution is -2.48. The molecule has 0 N–H and O–H groups in total. The van der Waals surface area contributed by atoms with Crippen LogP contribution in [0.1, 0.15) is 31.2 Å². The van der Waals surface area contributed by atoms with Gasteiger partial charge >= 0.3 is 0 Å². The van der Waals surface area contributed by atoms with Gasteiger partial charge in [-0.1, -0.05) is 18.2 Å². The Hall–Kier alpha value is -3.15. The summed E-state index contributed by atoms with van der Waals surface area (Å²) in [5, 5.41) is 0. The first-order valence-electron chi connectivity index (χ1n) is 11.4. The van der Waals surface area contributed by atoms with Crippen molar-refractivity contribution in [3.63, 3.8) is 0 Å². The molecule has 1 aliphatic carbocycles. The Kier molecular flexibility index (Phi) is 7.20. The minimum Gasteiger partial charge on any atom is -0.495 e. The Morgan fingerprint density at radius 3 is 2.34 bits per heavy atom. The highest BCUT2D eigenvalue weighted by atomic mass is 16.5. The smallest absolute Gasteiger partial charge is 0.246 e. The summed E-state index contributed by atoms with van der Waals surface area (Å²) in [4.78, 5) is 16.9. The van der Waals surface area contributed by atoms with E-state index in [2.05, 4.69) is 11.0 Å². The van der Waals surface area contributed by atoms with Crippen LogP contribution in [-0.2, 0) is 4.79 Å². The van der Waals surface area contributed by atoms with E-state index in [-0.39, 0.29) is 12.0 Å². The predicted molar refractivity (Wildman–Crippen MR) is 127 cm³/mol. The molecule has 4 rings (SSSR count). The zero-order valence-corrected chi connectivity index (χ0v) is 19.0. The minimum absolute atomic E-state index is 0.0266. The van der Waals surface area contributed by atoms with Gasteiger partial charge in [0, 0.05) is 32.3 Å². The summed E-state index contributed by atoms with van der Waals surface area (Å²) < 4.78 is 17.1. The Balaban J connectivity index is 1.36. The van der Waals surface area contributed by atoms with Crippen LogP contribution in [0, 0.1) is 0 Å². The van der Waals surface area contributed by atoms with Crippen LogP contribution in [0.3, 0.4) is 0 Å². The number of methoxy groups -OCH3 is 2. The van der Waals surface area contributed by atoms with Gasteiger partial charge in [0.25, 0.3) is 0 Å². The predicted octanol–water partition coefficient (Wildman–Crippen LogP) is 4.39. The van der Waals surface area contributed by atoms with Crippen LogP contribution in [0.15, 0.2) is 48.5 Å². The molecule has 32 heavy (non-hydrogen) atoms. The molecule has 1 heterocycles. The fourth-order valence-corrected chi connectivity index (χ4v) is 4.41. The van der Waals surface area contributed by atoms with Crippen LogP contribution >= 0.6 is 0 Å². The number of anilines is 1. The second kappa shape index (κ2) is 10.4. The van der Waals surface area contributed by atoms with Gasteiger partial charge < -0.3 is 24.0 Å². The van der Waals surface area contributed by atoms with E-state index in [4.69, 9.17) is 14.2 Å². The average Bonchev–Trinajstić information content (AvgIpc) is 3.36. The van der Waals surface area contributed by atoms with Crippen LogP contribution in [-0.4, -0.2) is 57.3 Å². The monoisotopic (exact) mass is 436 g/mol. The van der Waals surface area contributed by atoms with Crippen molar-refractivity contribution in [2.75, 3.05) is 45.3 Å². The second-order valence-corrected chi connectivity index (χ2v) is 8.25. The van der Waals surface area contributed by atoms with Gasteiger partial charge in [-0.2, -0.15) is 0 Å². The highest BCUT2D eigenvalue weighted by molar-refractivity contribution is 5.92. The SMILES string of the molecule is COc1ccc(/C=C/C(=O)N2CCN(c3ccccc3OC)CC2)cc1OC1CCCC1. The van der Waals surface area contributed by atoms with Crippen LogP contribution in [0.5, 0.6) is 17.2 Å². The molecular formula is C26H32N2O4. The standard InChI is InChI=1S/C26H32N2O4/c1-30-23-10-6-5-9-22(23)27-15-17-28(18-16-27)26(29)14-12-20-11-13-24(31-2)25(19-20)32-21-7-3-4-8-21/h5-6,9-14,19,21H,3-4,7-8,15-18H2,1-2H3/b14-12+. The maximum Gasteiger partial charge on any atom is 0.246 e. The first-order chi connectivity index (χ1) is 15.7. The molecule has 1 amide bonds. The molecule has 2 aromatic rings. The molecule has 0 bridgehead atoms. The lowest BCUT2D eigenvalue weighted by atomic mass is 10.1. The third kappa shape index (κ3) is 5.18. The fraction of sp³-hybridized carbons (Fsp3) is 0.423. The van der Waals surface area contributed by atoms with E-state index in [9.17, 15) is 4.79 Å². The van der Waals surface area contributed by atoms with E-state index in [1.165, 1.54) is 12.8 Å². The maximum atomic E-state index is 12.8. The first-order valence-corrected chi connectivity index (χ1v) is 11.4. The van der Waals surface area contributed by atoms with Crippen molar-refractivity contribution in [1.82, 2.24) is 4.90 Å². The molecule has 0 radical (unpaired) electrons. The van der Waals surface area contributed by atoms with E-state index in [0.717, 1.165) is 54.4 Å². The summed E-state index contributed by atoms with van der Waals surface area (Å²) >= 11 is 0. The summed E-state index contributed by atoms with van der Waals surface area (Å²) in [7, 11) is 3.34. The maximum absolute atomic E-state index is 12.8. The molecule has 170 valence electrons. The molecule has 0 atom stereocenters. The van der Waals surface area contributed by atoms with Crippen molar-refractivity contribution in [1.29, 1.82) is 0 Å². The highest BCUT2D eigenvalue weighted by Gasteiger charge is 2.22. The molecule has 1 saturated carbocycles. The van der Waals surface area contributed by atoms with Gasteiger partial charge in [0.15, 0.2) is 11.5 Å². The van der Waals surface area contributed by atoms with Crippen molar-refractivity contribution in [3.05, 3.63) is 54.1 Å². The number of carbonyl (C=O) groups excluding carboxylic acids is 1. The van der Waals surface area contributed by atoms with Gasteiger partial charge in [0.05, 0.1) is 26.0 Å². The number of rotatable bonds is 7. The minimum atomic E-state index is 0.0266. The van der Waals surface area contributed by atoms with Crippen LogP contribution in [0.25, 0.3) is 6.08 Å². The number of benzene rings is 2. The van der Waals surface area contributed by atoms with E-state index in [1.54, 1.807) is 20.3 Å². The van der Waals surface area contributed by atoms with Crippen LogP contribution < -0.4 is 19.1 Å². The zero-order chi connectivity index (χ0) is 22.3. The first kappa shape index (κ1) is 22.1. The normalized spacial score (nSPS) is 17.1. The number of carbonyl (C=O) groups is 1. The summed E-state index contributed by atoms with van der Waals surface area (Å²) in [6, 6.07) is 13.8. The highest BCUT2D eigenvalue weighted by Crippen LogP contribution is 2.33. The summed E-state index contributed by atoms with van der Waals surface area (Å²) in [5.41, 5.74) is 2.01. The number of amides is 1. The van der Waals surface area contributed by atoms with E-state index < -0.39 is 0 Å². The molecule has 6 heteroatoms. The summed E-state index contributed by atoms with van der Waals surface area (Å²) in [6.07, 6.45) is 8.36. The van der Waals surface area contributed by atoms with Gasteiger partial charge in [-0.05, 0) is 61.6 Å². The van der Waals surface area contributed by atoms with E-state index in [1.807, 2.05) is 47.4 Å². The molecule has 2 aromatic carbocycles. The molecule has 2 fully saturated rings. The van der Waals surface area contributed by atoms with E-state index in [0.29, 0.717) is 13.1 Å². The third-order valence-electron chi connectivity index (χ3n) is 6.22. The van der Waals surface area contributed by atoms with Gasteiger partial charge in [-0.3, -0.25) is 4.79 Å². The van der Waals surface area contributed by atoms with Crippen molar-refractivity contribution >= 4 is 17.7 Å². The second-order valence-electron chi connectivity index (χ2n) is 8.25. The van der Waals surface area contributed by atoms with Crippen molar-refractivity contribution < 1.29 is 19.0 Å². The lowest BCUT2D eigenvalue weighted by molar-refractivity contribution is -0.126. The fourth-order valence-electron chi connectivity index (χ4n) is 4.41. The number of ether oxygens (including phenoxy) is 3. The third-order valence-corrected chi connectivity index (χ3v) is 6.22. The quantitative estimate of drug-likeness (QED) is 0.603. The Labute approximate surface area is 190 Å². The van der Waals surface area contributed by atoms with Gasteiger partial charge in [-0.15, -0.1) is 0 Å². The number of piperazine rings is 1. The molecule has 1 saturated heterocycles. The molecule has 0 aromatic heterocycles. The number of para-hydroxylation sites is 2. The molecule has 0 unspecified atom stereocenters. The van der Waals surface area contributed by atoms with Crippen LogP contribution in [0.4, 0.5) is 5.69 Å². The van der Waals surface area contributed by atoms with Crippen LogP contribution in [0.2, 0.25) is 0 Å². The Bertz CT molecular complexity index is 945. The molecule has 0 spiro atoms. The van der Waals surface area contributed by atoms with Gasteiger partial charge in [-0.25, -0.2) is 0 Å². The lowest BCUT2D eigenvalue weighted by Gasteiger charge is -2.36. The van der Waals surface area contributed by atoms with Gasteiger partial charge in [0.1, 0.15) is 5.75 Å². The van der Waals surface area contributed by atoms with E-state index >= 15 is 0 Å². The molecule has 2 aliphatic rings. The average molecular weight is 437 g/mol. The molecule has 6 nitrogen and oxygen atoms in total. The molecule has 1 aliphatic heterocycles. The van der Waals surface area contributed by atoms with Crippen molar-refractivity contribution in [2.24, 2.45) is 0 Å². The number of hydrogen-bond acceptors (Lipinski definition) is 5.